The molecule has 0 aliphatic heterocycles. The molecule has 0 nitrogen and oxygen atoms in total. The summed E-state index contributed by atoms with van der Waals surface area (Å²) in [6, 6.07) is 13.7. The zero-order valence-electron chi connectivity index (χ0n) is 17.1. The molecule has 0 spiro atoms. The van der Waals surface area contributed by atoms with Crippen LogP contribution in [0.4, 0.5) is 0 Å². The summed E-state index contributed by atoms with van der Waals surface area (Å²) in [7, 11) is 0. The van der Waals surface area contributed by atoms with E-state index in [2.05, 4.69) is 76.7 Å². The van der Waals surface area contributed by atoms with Gasteiger partial charge in [-0.3, -0.25) is 0 Å². The van der Waals surface area contributed by atoms with Crippen molar-refractivity contribution in [2.45, 2.75) is 66.2 Å². The van der Waals surface area contributed by atoms with Gasteiger partial charge >= 0.3 is 0 Å². The van der Waals surface area contributed by atoms with Gasteiger partial charge < -0.3 is 0 Å². The molecule has 0 heteroatoms. The fraction of sp³-hybridized carbons (Fsp3) is 0.385. The number of hydrogen-bond acceptors (Lipinski definition) is 0. The summed E-state index contributed by atoms with van der Waals surface area (Å²) in [5.41, 5.74) is 9.47. The van der Waals surface area contributed by atoms with Crippen molar-refractivity contribution in [2.75, 3.05) is 0 Å². The molecule has 0 aliphatic carbocycles. The Hall–Kier alpha value is -2.08. The Kier molecular flexibility index (Phi) is 7.91. The molecule has 0 fully saturated rings. The minimum atomic E-state index is 1.05. The average Bonchev–Trinajstić information content (AvgIpc) is 2.67. The van der Waals surface area contributed by atoms with Gasteiger partial charge in [-0.2, -0.15) is 0 Å². The van der Waals surface area contributed by atoms with Gasteiger partial charge in [-0.25, -0.2) is 0 Å². The highest BCUT2D eigenvalue weighted by molar-refractivity contribution is 5.89. The number of aryl methyl sites for hydroxylation is 4. The van der Waals surface area contributed by atoms with E-state index in [-0.39, 0.29) is 0 Å². The van der Waals surface area contributed by atoms with Gasteiger partial charge in [-0.1, -0.05) is 88.2 Å². The van der Waals surface area contributed by atoms with E-state index in [1.54, 1.807) is 0 Å². The number of allylic oxidation sites excluding steroid dienone is 2. The molecule has 0 bridgehead atoms. The number of benzene rings is 2. The number of rotatable bonds is 9. The van der Waals surface area contributed by atoms with Crippen LogP contribution in [0.5, 0.6) is 0 Å². The van der Waals surface area contributed by atoms with Crippen LogP contribution in [0.3, 0.4) is 0 Å². The topological polar surface area (TPSA) is 0 Å². The van der Waals surface area contributed by atoms with Gasteiger partial charge in [-0.05, 0) is 72.1 Å². The van der Waals surface area contributed by atoms with Gasteiger partial charge in [0.25, 0.3) is 0 Å². The molecule has 2 aromatic carbocycles. The molecular weight excluding hydrogens is 312 g/mol. The van der Waals surface area contributed by atoms with E-state index in [1.807, 2.05) is 6.08 Å². The van der Waals surface area contributed by atoms with E-state index in [0.717, 1.165) is 12.8 Å². The predicted molar refractivity (Wildman–Crippen MR) is 118 cm³/mol. The summed E-state index contributed by atoms with van der Waals surface area (Å²) in [5, 5.41) is 0. The van der Waals surface area contributed by atoms with E-state index >= 15 is 0 Å². The number of hydrogen-bond donors (Lipinski definition) is 0. The molecule has 0 aromatic heterocycles. The fourth-order valence-electron chi connectivity index (χ4n) is 3.55. The molecule has 0 saturated carbocycles. The Bertz CT molecular complexity index is 762. The molecular formula is C26H34. The van der Waals surface area contributed by atoms with Crippen molar-refractivity contribution < 1.29 is 0 Å². The van der Waals surface area contributed by atoms with Gasteiger partial charge in [0.05, 0.1) is 0 Å². The minimum absolute atomic E-state index is 1.05. The smallest absolute Gasteiger partial charge is 0.0152 e. The van der Waals surface area contributed by atoms with Crippen molar-refractivity contribution in [2.24, 2.45) is 0 Å². The molecule has 0 aliphatic rings. The lowest BCUT2D eigenvalue weighted by Crippen LogP contribution is -1.96. The summed E-state index contributed by atoms with van der Waals surface area (Å²) in [6.45, 7) is 13.0. The van der Waals surface area contributed by atoms with E-state index < -0.39 is 0 Å². The standard InChI is InChI=1S/C26H34/c1-6-10-11-12-21-14-16-26(23(8-3)18-21)24(9-4)19-25-15-13-20(5)17-22(25)7-2/h9,13-19H,4,6-8,10-12H2,1-3,5H3/b24-19+. The monoisotopic (exact) mass is 346 g/mol. The van der Waals surface area contributed by atoms with E-state index in [9.17, 15) is 0 Å². The van der Waals surface area contributed by atoms with Crippen molar-refractivity contribution in [1.82, 2.24) is 0 Å². The lowest BCUT2D eigenvalue weighted by Gasteiger charge is -2.13. The predicted octanol–water partition coefficient (Wildman–Crippen LogP) is 7.58. The average molecular weight is 347 g/mol. The Balaban J connectivity index is 2.39. The lowest BCUT2D eigenvalue weighted by atomic mass is 9.92. The zero-order chi connectivity index (χ0) is 18.9. The second kappa shape index (κ2) is 10.2. The maximum atomic E-state index is 4.10. The van der Waals surface area contributed by atoms with Crippen molar-refractivity contribution in [3.63, 3.8) is 0 Å². The molecule has 2 rings (SSSR count). The normalized spacial score (nSPS) is 11.6. The van der Waals surface area contributed by atoms with Crippen LogP contribution in [0.1, 0.15) is 73.4 Å². The van der Waals surface area contributed by atoms with Crippen LogP contribution in [0, 0.1) is 6.92 Å². The van der Waals surface area contributed by atoms with Gasteiger partial charge in [0.1, 0.15) is 0 Å². The molecule has 0 atom stereocenters. The van der Waals surface area contributed by atoms with E-state index in [0.29, 0.717) is 0 Å². The lowest BCUT2D eigenvalue weighted by molar-refractivity contribution is 0.717. The van der Waals surface area contributed by atoms with Crippen LogP contribution in [0.2, 0.25) is 0 Å². The molecule has 0 heterocycles. The maximum absolute atomic E-state index is 4.10. The summed E-state index contributed by atoms with van der Waals surface area (Å²) >= 11 is 0. The van der Waals surface area contributed by atoms with Gasteiger partial charge in [0.2, 0.25) is 0 Å². The largest absolute Gasteiger partial charge is 0.0984 e. The Morgan fingerprint density at radius 3 is 2.35 bits per heavy atom. The second-order valence-electron chi connectivity index (χ2n) is 7.16. The second-order valence-corrected chi connectivity index (χ2v) is 7.16. The summed E-state index contributed by atoms with van der Waals surface area (Å²) in [5.74, 6) is 0. The molecule has 2 aromatic rings. The first-order chi connectivity index (χ1) is 12.6. The number of unbranched alkanes of at least 4 members (excludes halogenated alkanes) is 2. The molecule has 0 unspecified atom stereocenters. The summed E-state index contributed by atoms with van der Waals surface area (Å²) in [6.07, 6.45) is 11.5. The highest BCUT2D eigenvalue weighted by Crippen LogP contribution is 2.27. The van der Waals surface area contributed by atoms with Crippen molar-refractivity contribution in [3.05, 3.63) is 82.4 Å². The highest BCUT2D eigenvalue weighted by Gasteiger charge is 2.08. The highest BCUT2D eigenvalue weighted by atomic mass is 14.1. The first-order valence-corrected chi connectivity index (χ1v) is 10.2. The van der Waals surface area contributed by atoms with Crippen LogP contribution >= 0.6 is 0 Å². The van der Waals surface area contributed by atoms with Crippen LogP contribution in [0.25, 0.3) is 11.6 Å². The Morgan fingerprint density at radius 2 is 1.69 bits per heavy atom. The SMILES string of the molecule is C=C/C(=C\c1ccc(C)cc1CC)c1ccc(CCCCC)cc1CC. The zero-order valence-corrected chi connectivity index (χ0v) is 17.1. The van der Waals surface area contributed by atoms with Crippen LogP contribution in [0.15, 0.2) is 49.1 Å². The molecule has 0 radical (unpaired) electrons. The molecule has 138 valence electrons. The van der Waals surface area contributed by atoms with Crippen LogP contribution < -0.4 is 0 Å². The minimum Gasteiger partial charge on any atom is -0.0984 e. The van der Waals surface area contributed by atoms with Crippen LogP contribution in [-0.2, 0) is 19.3 Å². The molecule has 0 amide bonds. The Labute approximate surface area is 160 Å². The van der Waals surface area contributed by atoms with Gasteiger partial charge in [0, 0.05) is 0 Å². The van der Waals surface area contributed by atoms with E-state index in [1.165, 1.54) is 64.6 Å². The van der Waals surface area contributed by atoms with Crippen LogP contribution in [-0.4, -0.2) is 0 Å². The maximum Gasteiger partial charge on any atom is -0.0152 e. The fourth-order valence-corrected chi connectivity index (χ4v) is 3.55. The van der Waals surface area contributed by atoms with Crippen molar-refractivity contribution >= 4 is 11.6 Å². The van der Waals surface area contributed by atoms with E-state index in [4.69, 9.17) is 0 Å². The van der Waals surface area contributed by atoms with Gasteiger partial charge in [0.15, 0.2) is 0 Å². The van der Waals surface area contributed by atoms with Gasteiger partial charge in [-0.15, -0.1) is 0 Å². The molecule has 0 N–H and O–H groups in total. The van der Waals surface area contributed by atoms with Crippen molar-refractivity contribution in [1.29, 1.82) is 0 Å². The Morgan fingerprint density at radius 1 is 0.923 bits per heavy atom. The van der Waals surface area contributed by atoms with Crippen molar-refractivity contribution in [3.8, 4) is 0 Å². The third kappa shape index (κ3) is 5.21. The quantitative estimate of drug-likeness (QED) is 0.249. The first kappa shape index (κ1) is 20.2. The molecule has 26 heavy (non-hydrogen) atoms. The third-order valence-corrected chi connectivity index (χ3v) is 5.14. The summed E-state index contributed by atoms with van der Waals surface area (Å²) in [4.78, 5) is 0. The first-order valence-electron chi connectivity index (χ1n) is 10.2. The summed E-state index contributed by atoms with van der Waals surface area (Å²) < 4.78 is 0. The molecule has 0 saturated heterocycles. The third-order valence-electron chi connectivity index (χ3n) is 5.14.